The van der Waals surface area contributed by atoms with Crippen LogP contribution < -0.4 is 146 Å². The van der Waals surface area contributed by atoms with Gasteiger partial charge in [-0.15, -0.1) is 0 Å². The third kappa shape index (κ3) is 14.2. The van der Waals surface area contributed by atoms with Crippen molar-refractivity contribution in [2.24, 2.45) is 0 Å². The smallest absolute Gasteiger partial charge is 0.195 e. The minimum absolute atomic E-state index is 0. The molecule has 8 aromatic rings. The standard InChI is InChI=1S/C32H24BF12.C25H19BCl3.2K/c1-17-5-18(2)9-25(8-17)33(26-10-19(3)6-21(13-26)29(34,35)36,27-11-20(4)7-22(14-27)30(37,38)39)28-15-23(31(40,41)42)12-24(16-28)32(43,44)45;1-18-2-4-19(5-3-18)26(20-6-12-23(27)13-7-20,21-8-14-24(28)15-9-21)22-10-16-25(29)17-11-22;;/h5-16H,1-4H3;2-17H,1H3;;/q2*-1;2*+1. The maximum absolute atomic E-state index is 14.2. The maximum atomic E-state index is 14.2. The Bertz CT molecular complexity index is 3000. The van der Waals surface area contributed by atoms with Crippen molar-refractivity contribution in [3.63, 3.8) is 0 Å². The number of alkyl halides is 12. The van der Waals surface area contributed by atoms with Crippen molar-refractivity contribution in [2.75, 3.05) is 0 Å². The number of hydrogen-bond donors (Lipinski definition) is 0. The molecule has 0 aliphatic heterocycles. The minimum atomic E-state index is -5.35. The number of hydrogen-bond acceptors (Lipinski definition) is 0. The van der Waals surface area contributed by atoms with Crippen LogP contribution in [0.3, 0.4) is 0 Å². The van der Waals surface area contributed by atoms with E-state index in [2.05, 4.69) is 67.6 Å². The molecule has 0 nitrogen and oxygen atoms in total. The second-order valence-electron chi connectivity index (χ2n) is 18.8. The molecule has 0 N–H and O–H groups in total. The molecule has 384 valence electrons. The van der Waals surface area contributed by atoms with Gasteiger partial charge in [-0.05, 0) is 89.2 Å². The first-order valence-electron chi connectivity index (χ1n) is 22.9. The zero-order chi connectivity index (χ0) is 54.3. The molecule has 0 aliphatic carbocycles. The second-order valence-corrected chi connectivity index (χ2v) is 20.1. The van der Waals surface area contributed by atoms with Crippen molar-refractivity contribution in [2.45, 2.75) is 59.3 Å². The predicted octanol–water partition coefficient (Wildman–Crippen LogP) is 7.71. The Morgan fingerprint density at radius 2 is 0.461 bits per heavy atom. The van der Waals surface area contributed by atoms with Gasteiger partial charge in [0.15, 0.2) is 0 Å². The molecule has 0 fully saturated rings. The third-order valence-electron chi connectivity index (χ3n) is 13.4. The van der Waals surface area contributed by atoms with Gasteiger partial charge < -0.3 is 0 Å². The van der Waals surface area contributed by atoms with Crippen LogP contribution in [-0.4, -0.2) is 12.3 Å². The summed E-state index contributed by atoms with van der Waals surface area (Å²) in [6.45, 7) is 7.67. The number of benzene rings is 8. The van der Waals surface area contributed by atoms with Crippen LogP contribution in [0.25, 0.3) is 0 Å². The van der Waals surface area contributed by atoms with Crippen LogP contribution in [0.4, 0.5) is 52.7 Å². The van der Waals surface area contributed by atoms with Crippen LogP contribution in [0.1, 0.15) is 50.1 Å². The molecule has 0 radical (unpaired) electrons. The van der Waals surface area contributed by atoms with E-state index in [1.165, 1.54) is 53.4 Å². The summed E-state index contributed by atoms with van der Waals surface area (Å²) < 4.78 is 170. The van der Waals surface area contributed by atoms with E-state index >= 15 is 0 Å². The van der Waals surface area contributed by atoms with E-state index in [1.807, 2.05) is 36.4 Å². The Balaban J connectivity index is 0.000000297. The summed E-state index contributed by atoms with van der Waals surface area (Å²) in [4.78, 5) is 0. The Labute approximate surface area is 533 Å². The van der Waals surface area contributed by atoms with Crippen molar-refractivity contribution in [3.8, 4) is 0 Å². The summed E-state index contributed by atoms with van der Waals surface area (Å²) in [5.41, 5.74) is -1.06. The molecule has 0 bridgehead atoms. The molecular formula is C57H43B2Cl3F12K2. The van der Waals surface area contributed by atoms with E-state index < -0.39 is 75.6 Å². The molecule has 0 saturated carbocycles. The molecule has 0 heterocycles. The molecule has 0 aliphatic rings. The molecule has 76 heavy (non-hydrogen) atoms. The summed E-state index contributed by atoms with van der Waals surface area (Å²) in [6.07, 6.45) is -25.8. The van der Waals surface area contributed by atoms with Gasteiger partial charge in [0, 0.05) is 15.1 Å². The van der Waals surface area contributed by atoms with Gasteiger partial charge in [0.2, 0.25) is 0 Å². The first-order chi connectivity index (χ1) is 34.4. The van der Waals surface area contributed by atoms with E-state index in [1.54, 1.807) is 19.9 Å². The van der Waals surface area contributed by atoms with E-state index in [0.29, 0.717) is 35.4 Å². The fraction of sp³-hybridized carbons (Fsp3) is 0.158. The van der Waals surface area contributed by atoms with Crippen LogP contribution in [-0.2, 0) is 24.7 Å². The van der Waals surface area contributed by atoms with Crippen molar-refractivity contribution in [1.29, 1.82) is 0 Å². The van der Waals surface area contributed by atoms with Gasteiger partial charge in [0.1, 0.15) is 12.3 Å². The summed E-state index contributed by atoms with van der Waals surface area (Å²) in [6, 6.07) is 43.0. The Morgan fingerprint density at radius 1 is 0.250 bits per heavy atom. The van der Waals surface area contributed by atoms with Gasteiger partial charge in [-0.2, -0.15) is 96.4 Å². The zero-order valence-electron chi connectivity index (χ0n) is 42.0. The van der Waals surface area contributed by atoms with E-state index in [-0.39, 0.29) is 125 Å². The average molecular weight is 1160 g/mol. The minimum Gasteiger partial charge on any atom is -0.195 e. The van der Waals surface area contributed by atoms with Crippen LogP contribution >= 0.6 is 34.8 Å². The first-order valence-corrected chi connectivity index (χ1v) is 24.0. The number of halogens is 15. The Morgan fingerprint density at radius 3 is 0.737 bits per heavy atom. The third-order valence-corrected chi connectivity index (χ3v) is 14.2. The quantitative estimate of drug-likeness (QED) is 0.108. The molecule has 0 saturated heterocycles. The molecular weight excluding hydrogens is 1120 g/mol. The largest absolute Gasteiger partial charge is 1.00 e. The normalized spacial score (nSPS) is 12.3. The van der Waals surface area contributed by atoms with Crippen molar-refractivity contribution >= 4 is 90.8 Å². The number of aryl methyl sites for hydroxylation is 5. The molecule has 0 atom stereocenters. The summed E-state index contributed by atoms with van der Waals surface area (Å²) in [5.74, 6) is 0. The van der Waals surface area contributed by atoms with Crippen LogP contribution in [0.5, 0.6) is 0 Å². The van der Waals surface area contributed by atoms with Gasteiger partial charge in [0.25, 0.3) is 0 Å². The van der Waals surface area contributed by atoms with Gasteiger partial charge in [-0.1, -0.05) is 178 Å². The van der Waals surface area contributed by atoms with Crippen molar-refractivity contribution in [1.82, 2.24) is 0 Å². The maximum Gasteiger partial charge on any atom is 1.00 e. The Kier molecular flexibility index (Phi) is 21.0. The summed E-state index contributed by atoms with van der Waals surface area (Å²) in [7, 11) is 0. The fourth-order valence-corrected chi connectivity index (χ4v) is 10.7. The second kappa shape index (κ2) is 24.9. The zero-order valence-corrected chi connectivity index (χ0v) is 50.5. The van der Waals surface area contributed by atoms with Crippen LogP contribution in [0.2, 0.25) is 15.1 Å². The molecule has 0 amide bonds. The van der Waals surface area contributed by atoms with Crippen LogP contribution in [0, 0.1) is 34.6 Å². The topological polar surface area (TPSA) is 0 Å². The Hall–Kier alpha value is -2.81. The van der Waals surface area contributed by atoms with Gasteiger partial charge in [-0.3, -0.25) is 0 Å². The average Bonchev–Trinajstić information content (AvgIpc) is 3.30. The number of rotatable bonds is 8. The molecule has 0 unspecified atom stereocenters. The van der Waals surface area contributed by atoms with Gasteiger partial charge in [-0.25, -0.2) is 0 Å². The van der Waals surface area contributed by atoms with Crippen molar-refractivity contribution < 1.29 is 155 Å². The molecule has 19 heteroatoms. The fourth-order valence-electron chi connectivity index (χ4n) is 10.4. The molecule has 8 rings (SSSR count). The first kappa shape index (κ1) is 64.0. The molecule has 8 aromatic carbocycles. The van der Waals surface area contributed by atoms with Crippen LogP contribution in [0.15, 0.2) is 170 Å². The molecule has 0 spiro atoms. The van der Waals surface area contributed by atoms with Crippen molar-refractivity contribution in [3.05, 3.63) is 235 Å². The SMILES string of the molecule is Cc1cc(C)cc([B-](c2cc(C)cc(C(F)(F)F)c2)(c2cc(C)cc(C(F)(F)F)c2)c2cc(C(F)(F)F)cc(C(F)(F)F)c2)c1.Cc1ccc([B-](c2ccc(Cl)cc2)(c2ccc(Cl)cc2)c2ccc(Cl)cc2)cc1.[K+].[K+]. The predicted molar refractivity (Wildman–Crippen MR) is 279 cm³/mol. The molecule has 0 aromatic heterocycles. The summed E-state index contributed by atoms with van der Waals surface area (Å²) >= 11 is 18.7. The van der Waals surface area contributed by atoms with E-state index in [9.17, 15) is 52.7 Å². The monoisotopic (exact) mass is 1160 g/mol. The van der Waals surface area contributed by atoms with E-state index in [0.717, 1.165) is 39.3 Å². The van der Waals surface area contributed by atoms with Gasteiger partial charge >= 0.3 is 127 Å². The van der Waals surface area contributed by atoms with E-state index in [4.69, 9.17) is 34.8 Å². The van der Waals surface area contributed by atoms with Gasteiger partial charge in [0.05, 0.1) is 22.3 Å². The summed E-state index contributed by atoms with van der Waals surface area (Å²) in [5, 5.41) is 2.15.